The lowest BCUT2D eigenvalue weighted by Gasteiger charge is -2.46. The third-order valence-corrected chi connectivity index (χ3v) is 7.88. The standard InChI is InChI=1S/C29H33ClFN7O4/c1-17-26(34-25-15-35(7-8-37(17)25)20-13-36(14-20)28(40)42-29(2,3)4)18-9-23(27-21(30)11-33-38(27)12-18)41-24(16-39)22-6-5-19(31)10-32-22/h5-6,9-12,20,24,39H,7-8,13-16H2,1-4H3. The van der Waals surface area contributed by atoms with Crippen LogP contribution in [0.15, 0.2) is 36.8 Å². The first kappa shape index (κ1) is 28.4. The number of aliphatic hydroxyl groups is 1. The second-order valence-electron chi connectivity index (χ2n) is 11.7. The van der Waals surface area contributed by atoms with Gasteiger partial charge in [-0.05, 0) is 45.9 Å². The highest BCUT2D eigenvalue weighted by atomic mass is 35.5. The second-order valence-corrected chi connectivity index (χ2v) is 12.1. The number of hydrogen-bond donors (Lipinski definition) is 1. The fraction of sp³-hybridized carbons (Fsp3) is 0.448. The lowest BCUT2D eigenvalue weighted by atomic mass is 10.1. The summed E-state index contributed by atoms with van der Waals surface area (Å²) in [6.07, 6.45) is 3.34. The van der Waals surface area contributed by atoms with Gasteiger partial charge >= 0.3 is 6.09 Å². The fourth-order valence-corrected chi connectivity index (χ4v) is 5.66. The number of imidazole rings is 1. The minimum absolute atomic E-state index is 0.254. The normalized spacial score (nSPS) is 16.8. The van der Waals surface area contributed by atoms with Gasteiger partial charge in [0.2, 0.25) is 0 Å². The van der Waals surface area contributed by atoms with Crippen LogP contribution < -0.4 is 4.74 Å². The number of carbonyl (C=O) groups excluding carboxylic acids is 1. The molecule has 11 nitrogen and oxygen atoms in total. The number of pyridine rings is 2. The van der Waals surface area contributed by atoms with Gasteiger partial charge in [-0.3, -0.25) is 9.88 Å². The third kappa shape index (κ3) is 5.41. The SMILES string of the molecule is Cc1c(-c2cc(OC(CO)c3ccc(F)cn3)c3c(Cl)cnn3c2)nc2n1CCN(C1CN(C(=O)OC(C)(C)C)C1)C2. The van der Waals surface area contributed by atoms with Gasteiger partial charge in [0, 0.05) is 49.7 Å². The van der Waals surface area contributed by atoms with E-state index >= 15 is 0 Å². The maximum absolute atomic E-state index is 13.4. The smallest absolute Gasteiger partial charge is 0.410 e. The van der Waals surface area contributed by atoms with Gasteiger partial charge in [0.15, 0.2) is 6.10 Å². The molecule has 1 fully saturated rings. The van der Waals surface area contributed by atoms with Crippen molar-refractivity contribution in [2.24, 2.45) is 0 Å². The largest absolute Gasteiger partial charge is 0.479 e. The number of fused-ring (bicyclic) bond motifs is 2. The molecule has 4 aromatic rings. The van der Waals surface area contributed by atoms with Gasteiger partial charge in [0.25, 0.3) is 0 Å². The van der Waals surface area contributed by atoms with E-state index in [0.29, 0.717) is 41.6 Å². The number of rotatable bonds is 6. The Labute approximate surface area is 247 Å². The van der Waals surface area contributed by atoms with E-state index in [2.05, 4.69) is 19.5 Å². The first-order valence-electron chi connectivity index (χ1n) is 13.8. The first-order valence-corrected chi connectivity index (χ1v) is 14.2. The Bertz CT molecular complexity index is 1630. The van der Waals surface area contributed by atoms with Crippen LogP contribution in [0.3, 0.4) is 0 Å². The quantitative estimate of drug-likeness (QED) is 0.351. The highest BCUT2D eigenvalue weighted by molar-refractivity contribution is 6.34. The number of nitrogens with zero attached hydrogens (tertiary/aromatic N) is 7. The van der Waals surface area contributed by atoms with E-state index in [0.717, 1.165) is 42.1 Å². The summed E-state index contributed by atoms with van der Waals surface area (Å²) in [7, 11) is 0. The Morgan fingerprint density at radius 3 is 2.71 bits per heavy atom. The number of halogens is 2. The van der Waals surface area contributed by atoms with Crippen LogP contribution in [0.25, 0.3) is 16.8 Å². The van der Waals surface area contributed by atoms with Gasteiger partial charge in [-0.25, -0.2) is 18.7 Å². The number of amides is 1. The Morgan fingerprint density at radius 2 is 2.02 bits per heavy atom. The molecule has 1 N–H and O–H groups in total. The number of carbonyl (C=O) groups is 1. The van der Waals surface area contributed by atoms with Crippen molar-refractivity contribution in [3.8, 4) is 17.0 Å². The lowest BCUT2D eigenvalue weighted by molar-refractivity contribution is -0.0208. The summed E-state index contributed by atoms with van der Waals surface area (Å²) in [5, 5.41) is 14.8. The molecule has 2 aliphatic rings. The van der Waals surface area contributed by atoms with Crippen LogP contribution in [0.5, 0.6) is 5.75 Å². The van der Waals surface area contributed by atoms with E-state index in [1.807, 2.05) is 40.0 Å². The molecule has 6 heterocycles. The van der Waals surface area contributed by atoms with Crippen LogP contribution in [0, 0.1) is 12.7 Å². The molecule has 0 saturated carbocycles. The van der Waals surface area contributed by atoms with Crippen molar-refractivity contribution in [1.29, 1.82) is 0 Å². The van der Waals surface area contributed by atoms with E-state index in [9.17, 15) is 14.3 Å². The van der Waals surface area contributed by atoms with Crippen molar-refractivity contribution in [3.05, 3.63) is 64.8 Å². The number of hydrogen-bond acceptors (Lipinski definition) is 8. The molecule has 1 atom stereocenters. The van der Waals surface area contributed by atoms with Crippen molar-refractivity contribution in [1.82, 2.24) is 33.9 Å². The first-order chi connectivity index (χ1) is 20.0. The molecule has 0 radical (unpaired) electrons. The maximum atomic E-state index is 13.4. The highest BCUT2D eigenvalue weighted by Crippen LogP contribution is 2.36. The van der Waals surface area contributed by atoms with Gasteiger partial charge in [-0.15, -0.1) is 0 Å². The van der Waals surface area contributed by atoms with E-state index < -0.39 is 17.5 Å². The predicted octanol–water partition coefficient (Wildman–Crippen LogP) is 4.24. The summed E-state index contributed by atoms with van der Waals surface area (Å²) < 4.78 is 29.0. The predicted molar refractivity (Wildman–Crippen MR) is 153 cm³/mol. The van der Waals surface area contributed by atoms with Crippen LogP contribution in [-0.2, 0) is 17.8 Å². The van der Waals surface area contributed by atoms with E-state index in [4.69, 9.17) is 26.1 Å². The minimum Gasteiger partial charge on any atom is -0.479 e. The fourth-order valence-electron chi connectivity index (χ4n) is 5.44. The van der Waals surface area contributed by atoms with E-state index in [-0.39, 0.29) is 18.7 Å². The summed E-state index contributed by atoms with van der Waals surface area (Å²) in [4.78, 5) is 25.6. The van der Waals surface area contributed by atoms with Crippen LogP contribution in [0.1, 0.15) is 44.1 Å². The number of aromatic nitrogens is 5. The van der Waals surface area contributed by atoms with Gasteiger partial charge in [0.1, 0.15) is 28.5 Å². The zero-order valence-electron chi connectivity index (χ0n) is 23.9. The zero-order valence-corrected chi connectivity index (χ0v) is 24.7. The van der Waals surface area contributed by atoms with Gasteiger partial charge in [0.05, 0.1) is 42.0 Å². The topological polar surface area (TPSA) is 110 Å². The average Bonchev–Trinajstić information content (AvgIpc) is 3.45. The Balaban J connectivity index is 1.24. The molecule has 0 aromatic carbocycles. The van der Waals surface area contributed by atoms with Crippen LogP contribution >= 0.6 is 11.6 Å². The summed E-state index contributed by atoms with van der Waals surface area (Å²) >= 11 is 6.46. The zero-order chi connectivity index (χ0) is 29.8. The Morgan fingerprint density at radius 1 is 1.24 bits per heavy atom. The van der Waals surface area contributed by atoms with Crippen molar-refractivity contribution >= 4 is 23.2 Å². The van der Waals surface area contributed by atoms with Gasteiger partial charge in [-0.2, -0.15) is 5.10 Å². The molecular formula is C29H33ClFN7O4. The van der Waals surface area contributed by atoms with Crippen LogP contribution in [-0.4, -0.2) is 83.0 Å². The minimum atomic E-state index is -0.844. The molecule has 42 heavy (non-hydrogen) atoms. The highest BCUT2D eigenvalue weighted by Gasteiger charge is 2.38. The van der Waals surface area contributed by atoms with Crippen molar-refractivity contribution in [2.45, 2.75) is 58.5 Å². The Kier molecular flexibility index (Phi) is 7.32. The Hall–Kier alpha value is -3.74. The number of aliphatic hydroxyl groups excluding tert-OH is 1. The molecule has 13 heteroatoms. The monoisotopic (exact) mass is 597 g/mol. The summed E-state index contributed by atoms with van der Waals surface area (Å²) in [6, 6.07) is 4.83. The molecule has 222 valence electrons. The third-order valence-electron chi connectivity index (χ3n) is 7.61. The summed E-state index contributed by atoms with van der Waals surface area (Å²) in [5.74, 6) is 0.854. The molecule has 2 aliphatic heterocycles. The molecule has 0 aliphatic carbocycles. The second kappa shape index (κ2) is 10.8. The van der Waals surface area contributed by atoms with Gasteiger partial charge in [-0.1, -0.05) is 11.6 Å². The summed E-state index contributed by atoms with van der Waals surface area (Å²) in [5.41, 5.74) is 2.97. The van der Waals surface area contributed by atoms with E-state index in [1.165, 1.54) is 18.3 Å². The molecule has 0 spiro atoms. The van der Waals surface area contributed by atoms with Crippen molar-refractivity contribution < 1.29 is 23.8 Å². The molecule has 6 rings (SSSR count). The van der Waals surface area contributed by atoms with Crippen molar-refractivity contribution in [2.75, 3.05) is 26.2 Å². The maximum Gasteiger partial charge on any atom is 0.410 e. The van der Waals surface area contributed by atoms with Crippen molar-refractivity contribution in [3.63, 3.8) is 0 Å². The molecule has 0 bridgehead atoms. The molecule has 1 unspecified atom stereocenters. The number of ether oxygens (including phenoxy) is 2. The molecule has 1 saturated heterocycles. The molecule has 1 amide bonds. The summed E-state index contributed by atoms with van der Waals surface area (Å²) in [6.45, 7) is 10.8. The number of likely N-dealkylation sites (tertiary alicyclic amines) is 1. The lowest BCUT2D eigenvalue weighted by Crippen LogP contribution is -2.62. The van der Waals surface area contributed by atoms with Crippen LogP contribution in [0.2, 0.25) is 5.02 Å². The molecular weight excluding hydrogens is 565 g/mol. The van der Waals surface area contributed by atoms with E-state index in [1.54, 1.807) is 9.42 Å². The van der Waals surface area contributed by atoms with Gasteiger partial charge < -0.3 is 24.0 Å². The molecule has 4 aromatic heterocycles. The van der Waals surface area contributed by atoms with Crippen LogP contribution in [0.4, 0.5) is 9.18 Å². The average molecular weight is 598 g/mol.